The van der Waals surface area contributed by atoms with Gasteiger partial charge in [0.25, 0.3) is 5.69 Å². The smallest absolute Gasteiger partial charge is 0.301 e. The lowest BCUT2D eigenvalue weighted by Crippen LogP contribution is -2.01. The van der Waals surface area contributed by atoms with Crippen molar-refractivity contribution in [3.63, 3.8) is 0 Å². The first-order chi connectivity index (χ1) is 14.5. The average Bonchev–Trinajstić information content (AvgIpc) is 2.74. The Bertz CT molecular complexity index is 1120. The first-order valence-corrected chi connectivity index (χ1v) is 9.00. The number of hydrogen-bond donors (Lipinski definition) is 1. The van der Waals surface area contributed by atoms with Crippen LogP contribution in [0.25, 0.3) is 0 Å². The van der Waals surface area contributed by atoms with Crippen LogP contribution in [-0.2, 0) is 6.61 Å². The maximum Gasteiger partial charge on any atom is 0.301 e. The summed E-state index contributed by atoms with van der Waals surface area (Å²) >= 11 is 6.14. The van der Waals surface area contributed by atoms with Crippen LogP contribution in [-0.4, -0.2) is 16.1 Å². The third-order valence-corrected chi connectivity index (χ3v) is 4.41. The van der Waals surface area contributed by atoms with Gasteiger partial charge in [0.05, 0.1) is 22.1 Å². The quantitative estimate of drug-likeness (QED) is 0.301. The van der Waals surface area contributed by atoms with E-state index in [0.29, 0.717) is 16.3 Å². The van der Waals surface area contributed by atoms with Crippen LogP contribution in [0.15, 0.2) is 71.8 Å². The van der Waals surface area contributed by atoms with Crippen molar-refractivity contribution in [3.05, 3.63) is 103 Å². The molecule has 0 atom stereocenters. The Morgan fingerprint density at radius 1 is 1.00 bits per heavy atom. The molecule has 3 aromatic carbocycles. The van der Waals surface area contributed by atoms with E-state index in [1.54, 1.807) is 30.3 Å². The van der Waals surface area contributed by atoms with Crippen LogP contribution in [0.2, 0.25) is 5.02 Å². The number of para-hydroxylation sites is 1. The van der Waals surface area contributed by atoms with Crippen LogP contribution in [0.3, 0.4) is 0 Å². The number of rotatable bonds is 8. The minimum Gasteiger partial charge on any atom is -0.488 e. The lowest BCUT2D eigenvalue weighted by atomic mass is 10.2. The molecule has 0 aliphatic heterocycles. The van der Waals surface area contributed by atoms with E-state index in [1.165, 1.54) is 12.3 Å². The number of ether oxygens (including phenoxy) is 1. The highest BCUT2D eigenvalue weighted by atomic mass is 35.5. The average molecular weight is 427 g/mol. The fraction of sp³-hybridized carbons (Fsp3) is 0.0500. The number of benzene rings is 3. The van der Waals surface area contributed by atoms with Gasteiger partial charge in [0.15, 0.2) is 0 Å². The van der Waals surface area contributed by atoms with E-state index in [0.717, 1.165) is 17.7 Å². The Morgan fingerprint density at radius 2 is 1.73 bits per heavy atom. The number of hydrogen-bond acceptors (Lipinski definition) is 7. The summed E-state index contributed by atoms with van der Waals surface area (Å²) in [5, 5.41) is 26.6. The Kier molecular flexibility index (Phi) is 6.56. The van der Waals surface area contributed by atoms with Crippen LogP contribution in [0.5, 0.6) is 5.75 Å². The van der Waals surface area contributed by atoms with Gasteiger partial charge in [-0.15, -0.1) is 0 Å². The Morgan fingerprint density at radius 3 is 2.47 bits per heavy atom. The number of hydrazone groups is 1. The summed E-state index contributed by atoms with van der Waals surface area (Å²) < 4.78 is 5.82. The molecular weight excluding hydrogens is 412 g/mol. The summed E-state index contributed by atoms with van der Waals surface area (Å²) in [6.07, 6.45) is 1.44. The van der Waals surface area contributed by atoms with E-state index in [4.69, 9.17) is 16.3 Å². The highest BCUT2D eigenvalue weighted by Crippen LogP contribution is 2.29. The molecule has 0 saturated carbocycles. The van der Waals surface area contributed by atoms with Crippen molar-refractivity contribution in [2.75, 3.05) is 5.43 Å². The van der Waals surface area contributed by atoms with Gasteiger partial charge in [-0.1, -0.05) is 41.9 Å². The number of halogens is 1. The molecule has 0 aromatic heterocycles. The number of nitro groups is 2. The maximum absolute atomic E-state index is 11.2. The molecule has 0 heterocycles. The van der Waals surface area contributed by atoms with E-state index >= 15 is 0 Å². The predicted molar refractivity (Wildman–Crippen MR) is 113 cm³/mol. The lowest BCUT2D eigenvalue weighted by Gasteiger charge is -2.10. The van der Waals surface area contributed by atoms with Gasteiger partial charge in [-0.05, 0) is 24.3 Å². The van der Waals surface area contributed by atoms with Gasteiger partial charge in [0.2, 0.25) is 0 Å². The number of nitro benzene ring substituents is 2. The Labute approximate surface area is 175 Å². The SMILES string of the molecule is O=[N+]([O-])c1ccc(N/N=C\c2ccccc2OCc2ccccc2Cl)c([N+](=O)[O-])c1. The van der Waals surface area contributed by atoms with Crippen LogP contribution < -0.4 is 10.2 Å². The zero-order valence-corrected chi connectivity index (χ0v) is 16.2. The summed E-state index contributed by atoms with van der Waals surface area (Å²) in [5.41, 5.74) is 3.19. The zero-order chi connectivity index (χ0) is 21.5. The van der Waals surface area contributed by atoms with Crippen LogP contribution in [0.4, 0.5) is 17.1 Å². The second-order valence-corrected chi connectivity index (χ2v) is 6.41. The highest BCUT2D eigenvalue weighted by Gasteiger charge is 2.19. The molecular formula is C20H15ClN4O5. The molecule has 0 spiro atoms. The van der Waals surface area contributed by atoms with Gasteiger partial charge in [-0.2, -0.15) is 5.10 Å². The van der Waals surface area contributed by atoms with Crippen LogP contribution in [0.1, 0.15) is 11.1 Å². The minimum atomic E-state index is -0.717. The molecule has 9 nitrogen and oxygen atoms in total. The Balaban J connectivity index is 1.75. The molecule has 10 heteroatoms. The third-order valence-electron chi connectivity index (χ3n) is 4.04. The molecule has 1 N–H and O–H groups in total. The van der Waals surface area contributed by atoms with E-state index in [1.807, 2.05) is 18.2 Å². The van der Waals surface area contributed by atoms with Crippen molar-refractivity contribution in [1.82, 2.24) is 0 Å². The molecule has 3 aromatic rings. The number of nitrogens with zero attached hydrogens (tertiary/aromatic N) is 3. The summed E-state index contributed by atoms with van der Waals surface area (Å²) in [5.74, 6) is 0.543. The highest BCUT2D eigenvalue weighted by molar-refractivity contribution is 6.31. The lowest BCUT2D eigenvalue weighted by molar-refractivity contribution is -0.393. The second-order valence-electron chi connectivity index (χ2n) is 6.00. The number of non-ortho nitro benzene ring substituents is 1. The topological polar surface area (TPSA) is 120 Å². The summed E-state index contributed by atoms with van der Waals surface area (Å²) in [6, 6.07) is 17.7. The maximum atomic E-state index is 11.2. The van der Waals surface area contributed by atoms with Crippen molar-refractivity contribution in [2.45, 2.75) is 6.61 Å². The fourth-order valence-electron chi connectivity index (χ4n) is 2.54. The molecule has 0 fully saturated rings. The van der Waals surface area contributed by atoms with Gasteiger partial charge in [-0.3, -0.25) is 25.7 Å². The standard InChI is InChI=1S/C20H15ClN4O5/c21-17-7-3-1-6-15(17)13-30-20-8-4-2-5-14(20)12-22-23-18-10-9-16(24(26)27)11-19(18)25(28)29/h1-12,23H,13H2/b22-12-. The summed E-state index contributed by atoms with van der Waals surface area (Å²) in [4.78, 5) is 20.6. The fourth-order valence-corrected chi connectivity index (χ4v) is 2.73. The molecule has 3 rings (SSSR count). The van der Waals surface area contributed by atoms with Crippen LogP contribution in [0, 0.1) is 20.2 Å². The van der Waals surface area contributed by atoms with E-state index in [-0.39, 0.29) is 18.0 Å². The monoisotopic (exact) mass is 426 g/mol. The summed E-state index contributed by atoms with van der Waals surface area (Å²) in [7, 11) is 0. The summed E-state index contributed by atoms with van der Waals surface area (Å²) in [6.45, 7) is 0.256. The first kappa shape index (κ1) is 20.7. The van der Waals surface area contributed by atoms with Crippen LogP contribution >= 0.6 is 11.6 Å². The number of anilines is 1. The van der Waals surface area contributed by atoms with Gasteiger partial charge in [0, 0.05) is 22.2 Å². The molecule has 152 valence electrons. The first-order valence-electron chi connectivity index (χ1n) is 8.63. The molecule has 30 heavy (non-hydrogen) atoms. The van der Waals surface area contributed by atoms with E-state index < -0.39 is 15.5 Å². The van der Waals surface area contributed by atoms with Gasteiger partial charge >= 0.3 is 5.69 Å². The zero-order valence-electron chi connectivity index (χ0n) is 15.4. The molecule has 0 unspecified atom stereocenters. The number of nitrogens with one attached hydrogen (secondary N) is 1. The predicted octanol–water partition coefficient (Wildman–Crippen LogP) is 5.18. The second kappa shape index (κ2) is 9.48. The van der Waals surface area contributed by atoms with Crippen molar-refractivity contribution in [1.29, 1.82) is 0 Å². The normalized spacial score (nSPS) is 10.7. The minimum absolute atomic E-state index is 0.0244. The van der Waals surface area contributed by atoms with Gasteiger partial charge in [0.1, 0.15) is 18.0 Å². The molecule has 0 bridgehead atoms. The molecule has 0 aliphatic rings. The van der Waals surface area contributed by atoms with Gasteiger partial charge in [-0.25, -0.2) is 0 Å². The van der Waals surface area contributed by atoms with E-state index in [2.05, 4.69) is 10.5 Å². The molecule has 0 amide bonds. The van der Waals surface area contributed by atoms with Gasteiger partial charge < -0.3 is 4.74 Å². The van der Waals surface area contributed by atoms with Crippen molar-refractivity contribution < 1.29 is 14.6 Å². The van der Waals surface area contributed by atoms with Crippen molar-refractivity contribution >= 4 is 34.9 Å². The molecule has 0 aliphatic carbocycles. The third kappa shape index (κ3) is 5.09. The van der Waals surface area contributed by atoms with Crippen molar-refractivity contribution in [2.24, 2.45) is 5.10 Å². The molecule has 0 radical (unpaired) electrons. The Hall–Kier alpha value is -3.98. The van der Waals surface area contributed by atoms with E-state index in [9.17, 15) is 20.2 Å². The largest absolute Gasteiger partial charge is 0.488 e. The molecule has 0 saturated heterocycles. The van der Waals surface area contributed by atoms with Crippen molar-refractivity contribution in [3.8, 4) is 5.75 Å².